The molecule has 1 amide bonds. The predicted molar refractivity (Wildman–Crippen MR) is 92.6 cm³/mol. The number of halogens is 1. The lowest BCUT2D eigenvalue weighted by atomic mass is 10.2. The Kier molecular flexibility index (Phi) is 6.54. The van der Waals surface area contributed by atoms with Crippen molar-refractivity contribution in [1.29, 1.82) is 0 Å². The monoisotopic (exact) mass is 339 g/mol. The minimum Gasteiger partial charge on any atom is -0.367 e. The molecule has 1 aliphatic heterocycles. The number of para-hydroxylation sites is 1. The Labute approximate surface area is 141 Å². The number of carbonyl (C=O) groups excluding carboxylic acids is 1. The van der Waals surface area contributed by atoms with E-state index in [4.69, 9.17) is 12.2 Å². The van der Waals surface area contributed by atoms with Crippen LogP contribution in [0.25, 0.3) is 0 Å². The number of hydrazine groups is 1. The van der Waals surface area contributed by atoms with E-state index >= 15 is 0 Å². The topological polar surface area (TPSA) is 59.6 Å². The highest BCUT2D eigenvalue weighted by atomic mass is 32.1. The van der Waals surface area contributed by atoms with Crippen LogP contribution >= 0.6 is 12.2 Å². The maximum absolute atomic E-state index is 13.8. The number of anilines is 1. The third-order valence-electron chi connectivity index (χ3n) is 3.59. The second-order valence-electron chi connectivity index (χ2n) is 5.25. The summed E-state index contributed by atoms with van der Waals surface area (Å²) in [5.74, 6) is -0.357. The molecule has 1 aliphatic rings. The van der Waals surface area contributed by atoms with Crippen molar-refractivity contribution in [3.05, 3.63) is 30.1 Å². The summed E-state index contributed by atoms with van der Waals surface area (Å²) in [6.07, 6.45) is 0. The van der Waals surface area contributed by atoms with Crippen LogP contribution in [0.5, 0.6) is 0 Å². The number of thiocarbonyl (C=S) groups is 1. The molecule has 0 unspecified atom stereocenters. The summed E-state index contributed by atoms with van der Waals surface area (Å²) >= 11 is 4.96. The summed E-state index contributed by atoms with van der Waals surface area (Å²) in [4.78, 5) is 15.9. The molecule has 0 aromatic heterocycles. The van der Waals surface area contributed by atoms with Crippen molar-refractivity contribution in [3.8, 4) is 0 Å². The first-order valence-corrected chi connectivity index (χ1v) is 8.05. The highest BCUT2D eigenvalue weighted by Crippen LogP contribution is 2.19. The minimum atomic E-state index is -0.208. The Morgan fingerprint density at radius 3 is 2.57 bits per heavy atom. The summed E-state index contributed by atoms with van der Waals surface area (Å²) in [5.41, 5.74) is 5.83. The van der Waals surface area contributed by atoms with E-state index in [1.165, 1.54) is 6.07 Å². The van der Waals surface area contributed by atoms with Crippen LogP contribution in [0.3, 0.4) is 0 Å². The van der Waals surface area contributed by atoms with Crippen molar-refractivity contribution in [2.75, 3.05) is 44.2 Å². The Bertz CT molecular complexity index is 548. The SMILES string of the molecule is CCNC(=S)NNC(=O)CN1CCN(c2ccccc2F)CC1. The molecule has 3 N–H and O–H groups in total. The van der Waals surface area contributed by atoms with Crippen molar-refractivity contribution in [1.82, 2.24) is 21.1 Å². The van der Waals surface area contributed by atoms with Gasteiger partial charge in [0, 0.05) is 32.7 Å². The molecular formula is C15H22FN5OS. The smallest absolute Gasteiger partial charge is 0.252 e. The van der Waals surface area contributed by atoms with Gasteiger partial charge < -0.3 is 10.2 Å². The molecule has 0 radical (unpaired) electrons. The fourth-order valence-electron chi connectivity index (χ4n) is 2.43. The van der Waals surface area contributed by atoms with Crippen molar-refractivity contribution in [2.24, 2.45) is 0 Å². The van der Waals surface area contributed by atoms with Gasteiger partial charge in [-0.05, 0) is 31.3 Å². The molecule has 8 heteroatoms. The predicted octanol–water partition coefficient (Wildman–Crippen LogP) is 0.463. The highest BCUT2D eigenvalue weighted by Gasteiger charge is 2.20. The van der Waals surface area contributed by atoms with E-state index in [-0.39, 0.29) is 18.3 Å². The lowest BCUT2D eigenvalue weighted by molar-refractivity contribution is -0.122. The van der Waals surface area contributed by atoms with Crippen molar-refractivity contribution in [2.45, 2.75) is 6.92 Å². The van der Waals surface area contributed by atoms with Crippen LogP contribution in [0, 0.1) is 5.82 Å². The van der Waals surface area contributed by atoms with Gasteiger partial charge in [0.2, 0.25) is 0 Å². The molecule has 1 saturated heterocycles. The van der Waals surface area contributed by atoms with Gasteiger partial charge in [0.15, 0.2) is 5.11 Å². The molecular weight excluding hydrogens is 317 g/mol. The lowest BCUT2D eigenvalue weighted by Crippen LogP contribution is -2.53. The van der Waals surface area contributed by atoms with E-state index in [0.717, 1.165) is 0 Å². The van der Waals surface area contributed by atoms with Gasteiger partial charge in [0.25, 0.3) is 5.91 Å². The quantitative estimate of drug-likeness (QED) is 0.547. The molecule has 126 valence electrons. The van der Waals surface area contributed by atoms with Gasteiger partial charge >= 0.3 is 0 Å². The van der Waals surface area contributed by atoms with Gasteiger partial charge in [0.1, 0.15) is 5.82 Å². The number of rotatable bonds is 4. The van der Waals surface area contributed by atoms with Crippen molar-refractivity contribution in [3.63, 3.8) is 0 Å². The first kappa shape index (κ1) is 17.4. The van der Waals surface area contributed by atoms with E-state index in [1.54, 1.807) is 12.1 Å². The average molecular weight is 339 g/mol. The summed E-state index contributed by atoms with van der Waals surface area (Å²) < 4.78 is 13.8. The number of benzene rings is 1. The molecule has 6 nitrogen and oxygen atoms in total. The highest BCUT2D eigenvalue weighted by molar-refractivity contribution is 7.80. The van der Waals surface area contributed by atoms with Gasteiger partial charge in [0.05, 0.1) is 12.2 Å². The molecule has 1 aromatic carbocycles. The molecule has 2 rings (SSSR count). The van der Waals surface area contributed by atoms with Crippen LogP contribution in [0.1, 0.15) is 6.92 Å². The summed E-state index contributed by atoms with van der Waals surface area (Å²) in [5, 5.41) is 3.28. The van der Waals surface area contributed by atoms with Gasteiger partial charge in [-0.15, -0.1) is 0 Å². The summed E-state index contributed by atoms with van der Waals surface area (Å²) in [7, 11) is 0. The summed E-state index contributed by atoms with van der Waals surface area (Å²) in [6, 6.07) is 6.76. The third kappa shape index (κ3) is 5.33. The molecule has 23 heavy (non-hydrogen) atoms. The Morgan fingerprint density at radius 2 is 1.91 bits per heavy atom. The van der Waals surface area contributed by atoms with Crippen LogP contribution < -0.4 is 21.1 Å². The van der Waals surface area contributed by atoms with Crippen LogP contribution in [-0.2, 0) is 4.79 Å². The number of nitrogens with zero attached hydrogens (tertiary/aromatic N) is 2. The number of amides is 1. The van der Waals surface area contributed by atoms with Gasteiger partial charge in [-0.25, -0.2) is 4.39 Å². The molecule has 0 saturated carbocycles. The minimum absolute atomic E-state index is 0.149. The van der Waals surface area contributed by atoms with Gasteiger partial charge in [-0.3, -0.25) is 20.5 Å². The standard InChI is InChI=1S/C15H22FN5OS/c1-2-17-15(23)19-18-14(22)11-20-7-9-21(10-8-20)13-6-4-3-5-12(13)16/h3-6H,2,7-11H2,1H3,(H,18,22)(H2,17,19,23). The molecule has 0 aliphatic carbocycles. The van der Waals surface area contributed by atoms with Crippen LogP contribution in [0.15, 0.2) is 24.3 Å². The molecule has 0 bridgehead atoms. The maximum atomic E-state index is 13.8. The maximum Gasteiger partial charge on any atom is 0.252 e. The Hall–Kier alpha value is -1.93. The Balaban J connectivity index is 1.73. The first-order valence-electron chi connectivity index (χ1n) is 7.64. The lowest BCUT2D eigenvalue weighted by Gasteiger charge is -2.35. The number of hydrogen-bond donors (Lipinski definition) is 3. The number of carbonyl (C=O) groups is 1. The zero-order valence-corrected chi connectivity index (χ0v) is 14.0. The Morgan fingerprint density at radius 1 is 1.22 bits per heavy atom. The van der Waals surface area contributed by atoms with Crippen molar-refractivity contribution < 1.29 is 9.18 Å². The second-order valence-corrected chi connectivity index (χ2v) is 5.66. The van der Waals surface area contributed by atoms with Crippen LogP contribution in [-0.4, -0.2) is 55.2 Å². The summed E-state index contributed by atoms with van der Waals surface area (Å²) in [6.45, 7) is 5.70. The largest absolute Gasteiger partial charge is 0.367 e. The third-order valence-corrected chi connectivity index (χ3v) is 3.83. The average Bonchev–Trinajstić information content (AvgIpc) is 2.55. The fraction of sp³-hybridized carbons (Fsp3) is 0.467. The fourth-order valence-corrected chi connectivity index (χ4v) is 2.62. The molecule has 0 spiro atoms. The van der Waals surface area contributed by atoms with Gasteiger partial charge in [-0.2, -0.15) is 0 Å². The normalized spacial score (nSPS) is 15.1. The van der Waals surface area contributed by atoms with E-state index in [0.29, 0.717) is 43.5 Å². The van der Waals surface area contributed by atoms with E-state index in [1.807, 2.05) is 22.8 Å². The molecule has 0 atom stereocenters. The van der Waals surface area contributed by atoms with E-state index in [9.17, 15) is 9.18 Å². The van der Waals surface area contributed by atoms with Crippen LogP contribution in [0.4, 0.5) is 10.1 Å². The zero-order chi connectivity index (χ0) is 16.7. The molecule has 1 heterocycles. The second kappa shape index (κ2) is 8.64. The van der Waals surface area contributed by atoms with E-state index < -0.39 is 0 Å². The molecule has 1 fully saturated rings. The number of hydrogen-bond acceptors (Lipinski definition) is 4. The number of nitrogens with one attached hydrogen (secondary N) is 3. The number of piperazine rings is 1. The van der Waals surface area contributed by atoms with Gasteiger partial charge in [-0.1, -0.05) is 12.1 Å². The van der Waals surface area contributed by atoms with Crippen molar-refractivity contribution >= 4 is 28.9 Å². The van der Waals surface area contributed by atoms with E-state index in [2.05, 4.69) is 16.2 Å². The molecule has 1 aromatic rings. The van der Waals surface area contributed by atoms with Crippen LogP contribution in [0.2, 0.25) is 0 Å². The zero-order valence-electron chi connectivity index (χ0n) is 13.1. The first-order chi connectivity index (χ1) is 11.1.